The third-order valence-corrected chi connectivity index (χ3v) is 5.25. The Morgan fingerprint density at radius 1 is 1.16 bits per heavy atom. The molecule has 0 saturated carbocycles. The topological polar surface area (TPSA) is 49.4 Å². The van der Waals surface area contributed by atoms with Crippen molar-refractivity contribution >= 4 is 34.9 Å². The van der Waals surface area contributed by atoms with E-state index in [0.29, 0.717) is 17.2 Å². The van der Waals surface area contributed by atoms with Gasteiger partial charge in [-0.1, -0.05) is 13.0 Å². The van der Waals surface area contributed by atoms with E-state index in [1.165, 1.54) is 6.08 Å². The lowest BCUT2D eigenvalue weighted by Gasteiger charge is -2.30. The fourth-order valence-corrected chi connectivity index (χ4v) is 3.44. The average Bonchev–Trinajstić information content (AvgIpc) is 3.14. The van der Waals surface area contributed by atoms with Crippen molar-refractivity contribution in [3.8, 4) is 0 Å². The lowest BCUT2D eigenvalue weighted by molar-refractivity contribution is -0.111. The Bertz CT molecular complexity index is 743. The molecule has 1 aliphatic rings. The Morgan fingerprint density at radius 3 is 2.52 bits per heavy atom. The third-order valence-electron chi connectivity index (χ3n) is 4.41. The molecule has 0 aliphatic carbocycles. The van der Waals surface area contributed by atoms with Crippen molar-refractivity contribution < 1.29 is 9.59 Å². The molecule has 0 bridgehead atoms. The normalized spacial score (nSPS) is 15.5. The van der Waals surface area contributed by atoms with Gasteiger partial charge in [0.25, 0.3) is 5.91 Å². The monoisotopic (exact) mass is 354 g/mol. The number of amides is 2. The molecule has 5 heteroatoms. The van der Waals surface area contributed by atoms with Gasteiger partial charge in [0.2, 0.25) is 5.91 Å². The molecule has 25 heavy (non-hydrogen) atoms. The standard InChI is InChI=1S/C20H22N2O2S/c1-15-10-12-22(13-11-15)20(24)16-4-6-17(7-5-16)21-19(23)9-8-18-3-2-14-25-18/h2-9,14-15H,10-13H2,1H3,(H,21,23)/b9-8+. The predicted octanol–water partition coefficient (Wildman–Crippen LogP) is 4.27. The van der Waals surface area contributed by atoms with Gasteiger partial charge in [-0.15, -0.1) is 11.3 Å². The van der Waals surface area contributed by atoms with Crippen molar-refractivity contribution in [1.29, 1.82) is 0 Å². The summed E-state index contributed by atoms with van der Waals surface area (Å²) in [5.74, 6) is 0.587. The Labute approximate surface area is 152 Å². The molecule has 1 N–H and O–H groups in total. The van der Waals surface area contributed by atoms with Gasteiger partial charge in [0, 0.05) is 35.3 Å². The Kier molecular flexibility index (Phi) is 5.66. The zero-order valence-corrected chi connectivity index (χ0v) is 15.1. The average molecular weight is 354 g/mol. The maximum absolute atomic E-state index is 12.5. The smallest absolute Gasteiger partial charge is 0.253 e. The van der Waals surface area contributed by atoms with Crippen molar-refractivity contribution in [2.24, 2.45) is 5.92 Å². The first-order valence-electron chi connectivity index (χ1n) is 8.54. The number of rotatable bonds is 4. The van der Waals surface area contributed by atoms with Crippen LogP contribution in [0, 0.1) is 5.92 Å². The molecule has 0 radical (unpaired) electrons. The number of nitrogens with zero attached hydrogens (tertiary/aromatic N) is 1. The molecule has 1 fully saturated rings. The highest BCUT2D eigenvalue weighted by atomic mass is 32.1. The number of nitrogens with one attached hydrogen (secondary N) is 1. The largest absolute Gasteiger partial charge is 0.339 e. The number of piperidine rings is 1. The summed E-state index contributed by atoms with van der Waals surface area (Å²) in [5, 5.41) is 4.78. The second-order valence-corrected chi connectivity index (χ2v) is 7.37. The van der Waals surface area contributed by atoms with Crippen LogP contribution in [-0.4, -0.2) is 29.8 Å². The van der Waals surface area contributed by atoms with Gasteiger partial charge >= 0.3 is 0 Å². The lowest BCUT2D eigenvalue weighted by Crippen LogP contribution is -2.37. The van der Waals surface area contributed by atoms with Gasteiger partial charge < -0.3 is 10.2 Å². The molecule has 0 atom stereocenters. The van der Waals surface area contributed by atoms with Gasteiger partial charge in [0.15, 0.2) is 0 Å². The highest BCUT2D eigenvalue weighted by molar-refractivity contribution is 7.10. The predicted molar refractivity (Wildman–Crippen MR) is 103 cm³/mol. The molecule has 2 heterocycles. The van der Waals surface area contributed by atoms with Crippen LogP contribution in [0.3, 0.4) is 0 Å². The van der Waals surface area contributed by atoms with Crippen molar-refractivity contribution in [3.63, 3.8) is 0 Å². The van der Waals surface area contributed by atoms with Crippen LogP contribution in [0.25, 0.3) is 6.08 Å². The molecule has 3 rings (SSSR count). The molecule has 2 aromatic rings. The number of anilines is 1. The summed E-state index contributed by atoms with van der Waals surface area (Å²) in [6.45, 7) is 3.88. The lowest BCUT2D eigenvalue weighted by atomic mass is 9.98. The van der Waals surface area contributed by atoms with Crippen LogP contribution in [-0.2, 0) is 4.79 Å². The van der Waals surface area contributed by atoms with Gasteiger partial charge in [0.1, 0.15) is 0 Å². The van der Waals surface area contributed by atoms with Crippen LogP contribution < -0.4 is 5.32 Å². The number of benzene rings is 1. The van der Waals surface area contributed by atoms with Crippen molar-refractivity contribution in [2.45, 2.75) is 19.8 Å². The first-order chi connectivity index (χ1) is 12.1. The van der Waals surface area contributed by atoms with Crippen LogP contribution in [0.4, 0.5) is 5.69 Å². The quantitative estimate of drug-likeness (QED) is 0.834. The molecule has 1 aromatic carbocycles. The maximum Gasteiger partial charge on any atom is 0.253 e. The Morgan fingerprint density at radius 2 is 1.88 bits per heavy atom. The molecular formula is C20H22N2O2S. The van der Waals surface area contributed by atoms with E-state index in [4.69, 9.17) is 0 Å². The van der Waals surface area contributed by atoms with Crippen LogP contribution in [0.2, 0.25) is 0 Å². The van der Waals surface area contributed by atoms with Gasteiger partial charge in [-0.3, -0.25) is 9.59 Å². The zero-order valence-electron chi connectivity index (χ0n) is 14.3. The van der Waals surface area contributed by atoms with E-state index in [1.807, 2.05) is 22.4 Å². The molecule has 0 spiro atoms. The molecule has 0 unspecified atom stereocenters. The van der Waals surface area contributed by atoms with E-state index >= 15 is 0 Å². The first-order valence-corrected chi connectivity index (χ1v) is 9.42. The highest BCUT2D eigenvalue weighted by Gasteiger charge is 2.21. The summed E-state index contributed by atoms with van der Waals surface area (Å²) in [6.07, 6.45) is 5.43. The minimum absolute atomic E-state index is 0.0716. The summed E-state index contributed by atoms with van der Waals surface area (Å²) in [4.78, 5) is 27.4. The molecule has 2 amide bonds. The van der Waals surface area contributed by atoms with Gasteiger partial charge in [-0.05, 0) is 60.5 Å². The van der Waals surface area contributed by atoms with Crippen molar-refractivity contribution in [2.75, 3.05) is 18.4 Å². The highest BCUT2D eigenvalue weighted by Crippen LogP contribution is 2.19. The molecule has 1 saturated heterocycles. The second kappa shape index (κ2) is 8.12. The summed E-state index contributed by atoms with van der Waals surface area (Å²) in [6, 6.07) is 11.0. The maximum atomic E-state index is 12.5. The van der Waals surface area contributed by atoms with Crippen molar-refractivity contribution in [1.82, 2.24) is 4.90 Å². The third kappa shape index (κ3) is 4.79. The molecule has 130 valence electrons. The van der Waals surface area contributed by atoms with E-state index in [9.17, 15) is 9.59 Å². The summed E-state index contributed by atoms with van der Waals surface area (Å²) >= 11 is 1.58. The summed E-state index contributed by atoms with van der Waals surface area (Å²) in [7, 11) is 0. The van der Waals surface area contributed by atoms with Crippen molar-refractivity contribution in [3.05, 3.63) is 58.3 Å². The van der Waals surface area contributed by atoms with Gasteiger partial charge in [-0.25, -0.2) is 0 Å². The number of carbonyl (C=O) groups excluding carboxylic acids is 2. The van der Waals surface area contributed by atoms with E-state index in [-0.39, 0.29) is 11.8 Å². The van der Waals surface area contributed by atoms with Crippen LogP contribution in [0.15, 0.2) is 47.9 Å². The second-order valence-electron chi connectivity index (χ2n) is 6.39. The first kappa shape index (κ1) is 17.4. The van der Waals surface area contributed by atoms with Gasteiger partial charge in [0.05, 0.1) is 0 Å². The Hall–Kier alpha value is -2.40. The fourth-order valence-electron chi connectivity index (χ4n) is 2.82. The number of hydrogen-bond acceptors (Lipinski definition) is 3. The fraction of sp³-hybridized carbons (Fsp3) is 0.300. The van der Waals surface area contributed by atoms with E-state index in [1.54, 1.807) is 41.7 Å². The summed E-state index contributed by atoms with van der Waals surface area (Å²) < 4.78 is 0. The van der Waals surface area contributed by atoms with E-state index < -0.39 is 0 Å². The number of hydrogen-bond donors (Lipinski definition) is 1. The van der Waals surface area contributed by atoms with Gasteiger partial charge in [-0.2, -0.15) is 0 Å². The molecule has 1 aliphatic heterocycles. The zero-order chi connectivity index (χ0) is 17.6. The molecule has 1 aromatic heterocycles. The van der Waals surface area contributed by atoms with Crippen LogP contribution in [0.5, 0.6) is 0 Å². The summed E-state index contributed by atoms with van der Waals surface area (Å²) in [5.41, 5.74) is 1.35. The SMILES string of the molecule is CC1CCN(C(=O)c2ccc(NC(=O)/C=C/c3cccs3)cc2)CC1. The minimum atomic E-state index is -0.183. The minimum Gasteiger partial charge on any atom is -0.339 e. The number of likely N-dealkylation sites (tertiary alicyclic amines) is 1. The van der Waals surface area contributed by atoms with Crippen LogP contribution in [0.1, 0.15) is 35.0 Å². The molecular weight excluding hydrogens is 332 g/mol. The molecule has 4 nitrogen and oxygen atoms in total. The van der Waals surface area contributed by atoms with E-state index in [0.717, 1.165) is 30.8 Å². The number of thiophene rings is 1. The van der Waals surface area contributed by atoms with Crippen LogP contribution >= 0.6 is 11.3 Å². The number of carbonyl (C=O) groups is 2. The van der Waals surface area contributed by atoms with E-state index in [2.05, 4.69) is 12.2 Å². The Balaban J connectivity index is 1.56.